The Balaban J connectivity index is 1.46. The van der Waals surface area contributed by atoms with E-state index in [1.54, 1.807) is 0 Å². The number of likely N-dealkylation sites (tertiary alicyclic amines) is 1. The number of piperidine rings is 1. The van der Waals surface area contributed by atoms with Crippen LogP contribution in [0.25, 0.3) is 0 Å². The fourth-order valence-corrected chi connectivity index (χ4v) is 3.78. The summed E-state index contributed by atoms with van der Waals surface area (Å²) in [4.78, 5) is 26.1. The molecule has 1 aromatic heterocycles. The quantitative estimate of drug-likeness (QED) is 0.791. The molecule has 2 saturated heterocycles. The normalized spacial score (nSPS) is 22.0. The average Bonchev–Trinajstić information content (AvgIpc) is 3.04. The molecule has 3 rings (SSSR count). The second-order valence-corrected chi connectivity index (χ2v) is 7.93. The van der Waals surface area contributed by atoms with Crippen LogP contribution in [-0.4, -0.2) is 58.5 Å². The smallest absolute Gasteiger partial charge is 0.271 e. The van der Waals surface area contributed by atoms with Crippen molar-refractivity contribution in [2.45, 2.75) is 51.2 Å². The number of aryl methyl sites for hydroxylation is 1. The van der Waals surface area contributed by atoms with Crippen molar-refractivity contribution >= 4 is 5.91 Å². The maximum atomic E-state index is 12.2. The lowest BCUT2D eigenvalue weighted by Crippen LogP contribution is -2.45. The highest BCUT2D eigenvalue weighted by Crippen LogP contribution is 2.38. The first-order chi connectivity index (χ1) is 12.9. The second kappa shape index (κ2) is 8.35. The monoisotopic (exact) mass is 374 g/mol. The third-order valence-electron chi connectivity index (χ3n) is 5.55. The molecule has 1 amide bonds. The van der Waals surface area contributed by atoms with Crippen molar-refractivity contribution in [2.24, 2.45) is 7.05 Å². The summed E-state index contributed by atoms with van der Waals surface area (Å²) in [6.45, 7) is 7.89. The van der Waals surface area contributed by atoms with Crippen LogP contribution in [0.15, 0.2) is 28.6 Å². The van der Waals surface area contributed by atoms with E-state index in [0.29, 0.717) is 6.54 Å². The number of amides is 1. The Hall–Kier alpha value is -1.99. The molecule has 2 fully saturated rings. The molecule has 7 nitrogen and oxygen atoms in total. The molecule has 0 aromatic carbocycles. The zero-order valence-corrected chi connectivity index (χ0v) is 16.5. The third kappa shape index (κ3) is 5.05. The van der Waals surface area contributed by atoms with E-state index >= 15 is 0 Å². The maximum absolute atomic E-state index is 12.2. The van der Waals surface area contributed by atoms with Crippen LogP contribution in [0.3, 0.4) is 0 Å². The molecular weight excluding hydrogens is 344 g/mol. The number of hydrogen-bond acceptors (Lipinski definition) is 5. The molecule has 0 unspecified atom stereocenters. The Labute approximate surface area is 160 Å². The molecule has 1 atom stereocenters. The van der Waals surface area contributed by atoms with E-state index < -0.39 is 0 Å². The molecule has 0 saturated carbocycles. The topological polar surface area (TPSA) is 76.5 Å². The van der Waals surface area contributed by atoms with Crippen LogP contribution in [0.2, 0.25) is 0 Å². The van der Waals surface area contributed by atoms with Gasteiger partial charge in [-0.15, -0.1) is 0 Å². The van der Waals surface area contributed by atoms with Gasteiger partial charge in [-0.2, -0.15) is 5.10 Å². The average molecular weight is 374 g/mol. The first kappa shape index (κ1) is 19.8. The zero-order valence-electron chi connectivity index (χ0n) is 16.5. The largest absolute Gasteiger partial charge is 0.370 e. The minimum absolute atomic E-state index is 0.0221. The molecule has 0 radical (unpaired) electrons. The highest BCUT2D eigenvalue weighted by molar-refractivity contribution is 5.91. The number of ether oxygens (including phenoxy) is 1. The fourth-order valence-electron chi connectivity index (χ4n) is 3.78. The summed E-state index contributed by atoms with van der Waals surface area (Å²) in [5, 5.41) is 6.87. The lowest BCUT2D eigenvalue weighted by atomic mass is 9.88. The number of carbonyl (C=O) groups is 1. The van der Waals surface area contributed by atoms with Crippen molar-refractivity contribution in [1.29, 1.82) is 0 Å². The van der Waals surface area contributed by atoms with Crippen LogP contribution >= 0.6 is 0 Å². The first-order valence-electron chi connectivity index (χ1n) is 9.73. The molecule has 148 valence electrons. The number of nitrogens with one attached hydrogen (secondary N) is 1. The molecule has 0 aliphatic carbocycles. The van der Waals surface area contributed by atoms with Gasteiger partial charge in [-0.25, -0.2) is 4.68 Å². The summed E-state index contributed by atoms with van der Waals surface area (Å²) in [6, 6.07) is 2.81. The second-order valence-electron chi connectivity index (χ2n) is 7.93. The Kier molecular flexibility index (Phi) is 6.11. The molecule has 1 N–H and O–H groups in total. The number of rotatable bonds is 5. The molecule has 2 aliphatic rings. The summed E-state index contributed by atoms with van der Waals surface area (Å²) in [5.74, 6) is -0.272. The summed E-state index contributed by atoms with van der Waals surface area (Å²) in [7, 11) is 1.53. The Bertz CT molecular complexity index is 759. The highest BCUT2D eigenvalue weighted by Gasteiger charge is 2.42. The van der Waals surface area contributed by atoms with E-state index in [-0.39, 0.29) is 28.9 Å². The third-order valence-corrected chi connectivity index (χ3v) is 5.55. The molecule has 3 heterocycles. The van der Waals surface area contributed by atoms with Gasteiger partial charge in [0.2, 0.25) is 0 Å². The van der Waals surface area contributed by atoms with Crippen LogP contribution in [0, 0.1) is 0 Å². The fraction of sp³-hybridized carbons (Fsp3) is 0.650. The van der Waals surface area contributed by atoms with E-state index in [4.69, 9.17) is 4.74 Å². The van der Waals surface area contributed by atoms with E-state index in [1.807, 2.05) is 0 Å². The number of carbonyl (C=O) groups excluding carboxylic acids is 1. The molecule has 7 heteroatoms. The number of allylic oxidation sites excluding steroid dienone is 1. The maximum Gasteiger partial charge on any atom is 0.271 e. The van der Waals surface area contributed by atoms with Gasteiger partial charge in [-0.1, -0.05) is 11.6 Å². The van der Waals surface area contributed by atoms with Crippen molar-refractivity contribution in [2.75, 3.05) is 26.2 Å². The van der Waals surface area contributed by atoms with Crippen molar-refractivity contribution in [3.63, 3.8) is 0 Å². The molecule has 1 aromatic rings. The van der Waals surface area contributed by atoms with Crippen molar-refractivity contribution in [3.8, 4) is 0 Å². The lowest BCUT2D eigenvalue weighted by molar-refractivity contribution is -0.0741. The van der Waals surface area contributed by atoms with Crippen molar-refractivity contribution < 1.29 is 9.53 Å². The van der Waals surface area contributed by atoms with Crippen molar-refractivity contribution in [3.05, 3.63) is 39.8 Å². The van der Waals surface area contributed by atoms with Gasteiger partial charge in [-0.05, 0) is 45.6 Å². The molecule has 27 heavy (non-hydrogen) atoms. The first-order valence-corrected chi connectivity index (χ1v) is 9.73. The van der Waals surface area contributed by atoms with Crippen LogP contribution in [0.4, 0.5) is 0 Å². The van der Waals surface area contributed by atoms with E-state index in [1.165, 1.54) is 29.4 Å². The van der Waals surface area contributed by atoms with Crippen LogP contribution < -0.4 is 10.9 Å². The van der Waals surface area contributed by atoms with E-state index in [9.17, 15) is 9.59 Å². The summed E-state index contributed by atoms with van der Waals surface area (Å²) in [5.41, 5.74) is 1.35. The number of aromatic nitrogens is 2. The van der Waals surface area contributed by atoms with Crippen molar-refractivity contribution in [1.82, 2.24) is 20.0 Å². The van der Waals surface area contributed by atoms with Gasteiger partial charge in [-0.3, -0.25) is 14.5 Å². The zero-order chi connectivity index (χ0) is 19.4. The van der Waals surface area contributed by atoms with Gasteiger partial charge in [0.15, 0.2) is 0 Å². The predicted molar refractivity (Wildman–Crippen MR) is 104 cm³/mol. The van der Waals surface area contributed by atoms with E-state index in [0.717, 1.165) is 45.3 Å². The van der Waals surface area contributed by atoms with Gasteiger partial charge in [0, 0.05) is 39.3 Å². The van der Waals surface area contributed by atoms with Gasteiger partial charge in [0.25, 0.3) is 11.5 Å². The van der Waals surface area contributed by atoms with Crippen LogP contribution in [0.1, 0.15) is 50.0 Å². The molecular formula is C20H30N4O3. The molecule has 0 bridgehead atoms. The Morgan fingerprint density at radius 3 is 2.74 bits per heavy atom. The minimum atomic E-state index is -0.272. The predicted octanol–water partition coefficient (Wildman–Crippen LogP) is 1.49. The number of nitrogens with zero attached hydrogens (tertiary/aromatic N) is 3. The summed E-state index contributed by atoms with van der Waals surface area (Å²) in [6.07, 6.45) is 6.45. The Morgan fingerprint density at radius 2 is 2.07 bits per heavy atom. The lowest BCUT2D eigenvalue weighted by Gasteiger charge is -2.39. The van der Waals surface area contributed by atoms with Crippen LogP contribution in [-0.2, 0) is 11.8 Å². The van der Waals surface area contributed by atoms with E-state index in [2.05, 4.69) is 35.2 Å². The van der Waals surface area contributed by atoms with Gasteiger partial charge in [0.1, 0.15) is 5.69 Å². The summed E-state index contributed by atoms with van der Waals surface area (Å²) < 4.78 is 7.53. The van der Waals surface area contributed by atoms with Gasteiger partial charge >= 0.3 is 0 Å². The minimum Gasteiger partial charge on any atom is -0.370 e. The standard InChI is InChI=1S/C20H30N4O3/c1-15(2)7-11-24-12-9-20(10-13-24)8-6-16(27-20)14-21-19(26)17-4-5-18(25)23(3)22-17/h4-5,7,16H,6,8-14H2,1-3H3,(H,21,26)/t16-/m1/s1. The summed E-state index contributed by atoms with van der Waals surface area (Å²) >= 11 is 0. The molecule has 2 aliphatic heterocycles. The van der Waals surface area contributed by atoms with Gasteiger partial charge in [0.05, 0.1) is 11.7 Å². The van der Waals surface area contributed by atoms with Crippen LogP contribution in [0.5, 0.6) is 0 Å². The SMILES string of the molecule is CC(C)=CCN1CCC2(CC[C@H](CNC(=O)c3ccc(=O)n(C)n3)O2)CC1. The number of hydrogen-bond donors (Lipinski definition) is 1. The molecule has 1 spiro atoms. The Morgan fingerprint density at radius 1 is 1.33 bits per heavy atom. The van der Waals surface area contributed by atoms with Gasteiger partial charge < -0.3 is 10.1 Å². The highest BCUT2D eigenvalue weighted by atomic mass is 16.5.